The number of aromatic nitrogens is 2. The number of fused-ring (bicyclic) bond motifs is 5. The van der Waals surface area contributed by atoms with Gasteiger partial charge in [0.25, 0.3) is 0 Å². The molecular weight excluding hydrogens is 633 g/mol. The molecule has 2 heterocycles. The summed E-state index contributed by atoms with van der Waals surface area (Å²) in [7, 11) is -3.82. The van der Waals surface area contributed by atoms with Crippen LogP contribution in [0.25, 0.3) is 82.4 Å². The number of hydrogen-bond acceptors (Lipinski definition) is 3. The molecule has 0 atom stereocenters. The van der Waals surface area contributed by atoms with E-state index in [1.165, 1.54) is 10.8 Å². The monoisotopic (exact) mass is 662 g/mol. The summed E-state index contributed by atoms with van der Waals surface area (Å²) < 4.78 is 30.9. The van der Waals surface area contributed by atoms with Gasteiger partial charge in [-0.05, 0) is 102 Å². The van der Waals surface area contributed by atoms with E-state index >= 15 is 0 Å². The number of imidazole rings is 1. The van der Waals surface area contributed by atoms with Crippen molar-refractivity contribution in [3.63, 3.8) is 0 Å². The Kier molecular flexibility index (Phi) is 6.21. The molecule has 50 heavy (non-hydrogen) atoms. The highest BCUT2D eigenvalue weighted by atomic mass is 32.2. The summed E-state index contributed by atoms with van der Waals surface area (Å²) >= 11 is 0. The molecule has 0 saturated carbocycles. The summed E-state index contributed by atoms with van der Waals surface area (Å²) in [6.45, 7) is 2.06. The predicted octanol–water partition coefficient (Wildman–Crippen LogP) is 11.2. The Hall–Kier alpha value is -6.04. The van der Waals surface area contributed by atoms with E-state index < -0.39 is 9.84 Å². The molecule has 8 aromatic carbocycles. The maximum atomic E-state index is 14.4. The normalized spacial score (nSPS) is 13.3. The fourth-order valence-corrected chi connectivity index (χ4v) is 9.66. The minimum absolute atomic E-state index is 0.303. The van der Waals surface area contributed by atoms with E-state index in [0.29, 0.717) is 32.9 Å². The molecule has 0 radical (unpaired) electrons. The molecule has 1 aromatic heterocycles. The first-order valence-corrected chi connectivity index (χ1v) is 18.4. The number of nitrogens with zero attached hydrogens (tertiary/aromatic N) is 2. The van der Waals surface area contributed by atoms with Crippen LogP contribution in [0.5, 0.6) is 0 Å². The van der Waals surface area contributed by atoms with E-state index in [1.807, 2.05) is 28.8 Å². The highest BCUT2D eigenvalue weighted by molar-refractivity contribution is 7.92. The first kappa shape index (κ1) is 28.9. The zero-order valence-electron chi connectivity index (χ0n) is 27.3. The largest absolute Gasteiger partial charge is 0.294 e. The summed E-state index contributed by atoms with van der Waals surface area (Å²) in [6.07, 6.45) is 0.684. The van der Waals surface area contributed by atoms with Gasteiger partial charge in [-0.15, -0.1) is 0 Å². The topological polar surface area (TPSA) is 52.0 Å². The van der Waals surface area contributed by atoms with Crippen molar-refractivity contribution in [2.24, 2.45) is 0 Å². The summed E-state index contributed by atoms with van der Waals surface area (Å²) in [5.41, 5.74) is 8.42. The van der Waals surface area contributed by atoms with Crippen LogP contribution in [0.3, 0.4) is 0 Å². The lowest BCUT2D eigenvalue weighted by Gasteiger charge is -2.23. The number of rotatable bonds is 4. The lowest BCUT2D eigenvalue weighted by Crippen LogP contribution is -2.16. The maximum absolute atomic E-state index is 14.4. The van der Waals surface area contributed by atoms with Gasteiger partial charge in [0, 0.05) is 6.42 Å². The van der Waals surface area contributed by atoms with Gasteiger partial charge in [0.1, 0.15) is 5.82 Å². The second-order valence-corrected chi connectivity index (χ2v) is 14.9. The second-order valence-electron chi connectivity index (χ2n) is 13.0. The molecule has 1 aliphatic rings. The molecule has 0 fully saturated rings. The SMILES string of the molecule is CCc1nc2cccc3c2n1-c1ccc(-c2c4ccccc4c(-c4ccc5ccccc5c4)c4ccc(-c5ccccc5)cc24)cc1S3(=O)=O. The van der Waals surface area contributed by atoms with Gasteiger partial charge >= 0.3 is 0 Å². The second kappa shape index (κ2) is 10.7. The molecule has 9 aromatic rings. The Morgan fingerprint density at radius 2 is 1.18 bits per heavy atom. The Balaban J connectivity index is 1.31. The van der Waals surface area contributed by atoms with E-state index in [4.69, 9.17) is 4.98 Å². The van der Waals surface area contributed by atoms with Crippen LogP contribution < -0.4 is 0 Å². The molecule has 0 spiro atoms. The van der Waals surface area contributed by atoms with E-state index in [9.17, 15) is 8.42 Å². The summed E-state index contributed by atoms with van der Waals surface area (Å²) in [4.78, 5) is 5.43. The first-order chi connectivity index (χ1) is 24.5. The van der Waals surface area contributed by atoms with Crippen LogP contribution in [-0.4, -0.2) is 18.0 Å². The quantitative estimate of drug-likeness (QED) is 0.176. The minimum Gasteiger partial charge on any atom is -0.294 e. The van der Waals surface area contributed by atoms with Crippen LogP contribution in [0.15, 0.2) is 161 Å². The van der Waals surface area contributed by atoms with E-state index in [-0.39, 0.29) is 0 Å². The summed E-state index contributed by atoms with van der Waals surface area (Å²) in [6, 6.07) is 52.1. The number of aryl methyl sites for hydroxylation is 1. The number of hydrogen-bond donors (Lipinski definition) is 0. The molecule has 0 amide bonds. The highest BCUT2D eigenvalue weighted by Crippen LogP contribution is 2.47. The molecule has 5 heteroatoms. The molecule has 0 aliphatic carbocycles. The fraction of sp³-hybridized carbons (Fsp3) is 0.0444. The highest BCUT2D eigenvalue weighted by Gasteiger charge is 2.33. The Bertz CT molecular complexity index is 2980. The van der Waals surface area contributed by atoms with Gasteiger partial charge in [0.05, 0.1) is 26.5 Å². The lowest BCUT2D eigenvalue weighted by molar-refractivity contribution is 0.594. The van der Waals surface area contributed by atoms with Crippen LogP contribution in [-0.2, 0) is 16.3 Å². The van der Waals surface area contributed by atoms with Gasteiger partial charge in [0.15, 0.2) is 0 Å². The van der Waals surface area contributed by atoms with Crippen molar-refractivity contribution in [3.8, 4) is 39.1 Å². The molecule has 4 nitrogen and oxygen atoms in total. The third-order valence-electron chi connectivity index (χ3n) is 10.3. The van der Waals surface area contributed by atoms with Crippen molar-refractivity contribution in [1.29, 1.82) is 0 Å². The summed E-state index contributed by atoms with van der Waals surface area (Å²) in [5, 5.41) is 6.76. The Morgan fingerprint density at radius 1 is 0.520 bits per heavy atom. The third kappa shape index (κ3) is 4.10. The molecule has 0 N–H and O–H groups in total. The number of benzene rings is 8. The van der Waals surface area contributed by atoms with E-state index in [1.54, 1.807) is 12.1 Å². The van der Waals surface area contributed by atoms with Crippen LogP contribution >= 0.6 is 0 Å². The average molecular weight is 663 g/mol. The van der Waals surface area contributed by atoms with Crippen LogP contribution in [0.1, 0.15) is 12.7 Å². The number of para-hydroxylation sites is 1. The van der Waals surface area contributed by atoms with Crippen LogP contribution in [0, 0.1) is 0 Å². The zero-order valence-corrected chi connectivity index (χ0v) is 28.1. The van der Waals surface area contributed by atoms with Crippen LogP contribution in [0.2, 0.25) is 0 Å². The van der Waals surface area contributed by atoms with Gasteiger partial charge in [-0.3, -0.25) is 4.57 Å². The molecule has 0 unspecified atom stereocenters. The van der Waals surface area contributed by atoms with Crippen molar-refractivity contribution in [3.05, 3.63) is 157 Å². The van der Waals surface area contributed by atoms with E-state index in [0.717, 1.165) is 60.8 Å². The predicted molar refractivity (Wildman–Crippen MR) is 205 cm³/mol. The average Bonchev–Trinajstić information content (AvgIpc) is 3.55. The van der Waals surface area contributed by atoms with Gasteiger partial charge in [-0.25, -0.2) is 13.4 Å². The molecule has 10 rings (SSSR count). The fourth-order valence-electron chi connectivity index (χ4n) is 8.00. The molecule has 0 saturated heterocycles. The Labute approximate surface area is 289 Å². The van der Waals surface area contributed by atoms with Crippen LogP contribution in [0.4, 0.5) is 0 Å². The summed E-state index contributed by atoms with van der Waals surface area (Å²) in [5.74, 6) is 0.847. The molecular formula is C45H30N2O2S. The van der Waals surface area contributed by atoms with Gasteiger partial charge in [0.2, 0.25) is 9.84 Å². The molecule has 238 valence electrons. The van der Waals surface area contributed by atoms with Crippen molar-refractivity contribution < 1.29 is 8.42 Å². The first-order valence-electron chi connectivity index (χ1n) is 16.9. The molecule has 1 aliphatic heterocycles. The molecule has 0 bridgehead atoms. The van der Waals surface area contributed by atoms with Crippen molar-refractivity contribution in [2.75, 3.05) is 0 Å². The Morgan fingerprint density at radius 3 is 1.98 bits per heavy atom. The third-order valence-corrected chi connectivity index (χ3v) is 12.1. The van der Waals surface area contributed by atoms with E-state index in [2.05, 4.69) is 122 Å². The smallest absolute Gasteiger partial charge is 0.210 e. The standard InChI is InChI=1S/C45H30N2O2S/c1-2-42-46-38-17-10-18-40-45(38)47(42)39-24-22-33(27-41(39)50(40,48)49)44-35-16-9-8-15-34(35)43(32-20-19-29-13-6-7-14-30(29)25-32)36-23-21-31(26-37(36)44)28-11-4-3-5-12-28/h3-27H,2H2,1H3. The van der Waals surface area contributed by atoms with Gasteiger partial charge in [-0.2, -0.15) is 0 Å². The zero-order chi connectivity index (χ0) is 33.6. The van der Waals surface area contributed by atoms with Crippen molar-refractivity contribution in [2.45, 2.75) is 23.1 Å². The number of sulfone groups is 1. The van der Waals surface area contributed by atoms with Gasteiger partial charge < -0.3 is 0 Å². The maximum Gasteiger partial charge on any atom is 0.210 e. The van der Waals surface area contributed by atoms with Gasteiger partial charge in [-0.1, -0.05) is 122 Å². The van der Waals surface area contributed by atoms with Crippen molar-refractivity contribution in [1.82, 2.24) is 9.55 Å². The lowest BCUT2D eigenvalue weighted by atomic mass is 9.84. The minimum atomic E-state index is -3.82. The van der Waals surface area contributed by atoms with Crippen molar-refractivity contribution >= 4 is 53.2 Å².